The quantitative estimate of drug-likeness (QED) is 0.882. The lowest BCUT2D eigenvalue weighted by molar-refractivity contribution is 0.336. The van der Waals surface area contributed by atoms with Crippen LogP contribution in [0.5, 0.6) is 0 Å². The molecule has 0 spiro atoms. The maximum Gasteiger partial charge on any atom is 0.0366 e. The van der Waals surface area contributed by atoms with Gasteiger partial charge in [-0.15, -0.1) is 0 Å². The van der Waals surface area contributed by atoms with Crippen LogP contribution >= 0.6 is 0 Å². The lowest BCUT2D eigenvalue weighted by Crippen LogP contribution is -2.35. The average molecular weight is 260 g/mol. The van der Waals surface area contributed by atoms with Crippen LogP contribution in [0.3, 0.4) is 0 Å². The molecular formula is C17H28N2. The minimum Gasteiger partial charge on any atom is -0.372 e. The van der Waals surface area contributed by atoms with E-state index in [0.717, 1.165) is 12.3 Å². The monoisotopic (exact) mass is 260 g/mol. The fourth-order valence-electron chi connectivity index (χ4n) is 3.16. The first-order valence-corrected chi connectivity index (χ1v) is 7.70. The van der Waals surface area contributed by atoms with Crippen molar-refractivity contribution in [3.63, 3.8) is 0 Å². The molecule has 2 heteroatoms. The van der Waals surface area contributed by atoms with Gasteiger partial charge in [-0.2, -0.15) is 0 Å². The van der Waals surface area contributed by atoms with Crippen LogP contribution in [0.25, 0.3) is 0 Å². The van der Waals surface area contributed by atoms with E-state index < -0.39 is 0 Å². The molecule has 1 aromatic rings. The predicted octanol–water partition coefficient (Wildman–Crippen LogP) is 4.11. The Morgan fingerprint density at radius 3 is 2.53 bits per heavy atom. The standard InChI is InChI=1S/C17H28N2/c1-4-17(18)14-8-10-15(11-9-14)19(3)16-7-5-6-13(2)12-16/h8-11,13,16-17H,4-7,12,18H2,1-3H3/t13?,16?,17-/m1/s1. The topological polar surface area (TPSA) is 29.3 Å². The highest BCUT2D eigenvalue weighted by Gasteiger charge is 2.22. The van der Waals surface area contributed by atoms with Crippen molar-refractivity contribution >= 4 is 5.69 Å². The highest BCUT2D eigenvalue weighted by Crippen LogP contribution is 2.30. The molecule has 3 atom stereocenters. The summed E-state index contributed by atoms with van der Waals surface area (Å²) >= 11 is 0. The molecule has 2 rings (SSSR count). The van der Waals surface area contributed by atoms with Gasteiger partial charge in [0.2, 0.25) is 0 Å². The second-order valence-corrected chi connectivity index (χ2v) is 6.14. The molecule has 2 unspecified atom stereocenters. The molecule has 0 aliphatic heterocycles. The van der Waals surface area contributed by atoms with Crippen molar-refractivity contribution < 1.29 is 0 Å². The molecule has 2 nitrogen and oxygen atoms in total. The summed E-state index contributed by atoms with van der Waals surface area (Å²) in [4.78, 5) is 2.46. The third kappa shape index (κ3) is 3.50. The Morgan fingerprint density at radius 1 is 1.26 bits per heavy atom. The van der Waals surface area contributed by atoms with Gasteiger partial charge in [-0.1, -0.05) is 38.8 Å². The summed E-state index contributed by atoms with van der Waals surface area (Å²) in [5.41, 5.74) is 8.64. The predicted molar refractivity (Wildman–Crippen MR) is 83.5 cm³/mol. The number of nitrogens with zero attached hydrogens (tertiary/aromatic N) is 1. The third-order valence-electron chi connectivity index (χ3n) is 4.62. The van der Waals surface area contributed by atoms with E-state index in [4.69, 9.17) is 5.73 Å². The van der Waals surface area contributed by atoms with Crippen LogP contribution in [0, 0.1) is 5.92 Å². The van der Waals surface area contributed by atoms with E-state index in [1.54, 1.807) is 0 Å². The van der Waals surface area contributed by atoms with Gasteiger partial charge in [-0.3, -0.25) is 0 Å². The van der Waals surface area contributed by atoms with Gasteiger partial charge < -0.3 is 10.6 Å². The number of rotatable bonds is 4. The van der Waals surface area contributed by atoms with Crippen molar-refractivity contribution in [3.05, 3.63) is 29.8 Å². The summed E-state index contributed by atoms with van der Waals surface area (Å²) in [6.45, 7) is 4.51. The number of benzene rings is 1. The first-order valence-electron chi connectivity index (χ1n) is 7.70. The van der Waals surface area contributed by atoms with Crippen molar-refractivity contribution in [2.75, 3.05) is 11.9 Å². The molecule has 0 aromatic heterocycles. The molecule has 1 fully saturated rings. The molecule has 2 N–H and O–H groups in total. The van der Waals surface area contributed by atoms with Crippen LogP contribution in [0.4, 0.5) is 5.69 Å². The van der Waals surface area contributed by atoms with Gasteiger partial charge in [0.1, 0.15) is 0 Å². The molecule has 0 heterocycles. The second-order valence-electron chi connectivity index (χ2n) is 6.14. The van der Waals surface area contributed by atoms with Gasteiger partial charge in [0.05, 0.1) is 0 Å². The van der Waals surface area contributed by atoms with Crippen LogP contribution in [-0.4, -0.2) is 13.1 Å². The van der Waals surface area contributed by atoms with Crippen molar-refractivity contribution in [2.24, 2.45) is 11.7 Å². The van der Waals surface area contributed by atoms with Crippen LogP contribution < -0.4 is 10.6 Å². The van der Waals surface area contributed by atoms with Crippen LogP contribution in [0.1, 0.15) is 57.6 Å². The third-order valence-corrected chi connectivity index (χ3v) is 4.62. The van der Waals surface area contributed by atoms with Gasteiger partial charge in [0, 0.05) is 24.8 Å². The summed E-state index contributed by atoms with van der Waals surface area (Å²) < 4.78 is 0. The fourth-order valence-corrected chi connectivity index (χ4v) is 3.16. The minimum atomic E-state index is 0.175. The Bertz CT molecular complexity index is 385. The van der Waals surface area contributed by atoms with E-state index in [2.05, 4.69) is 50.1 Å². The summed E-state index contributed by atoms with van der Waals surface area (Å²) in [6.07, 6.45) is 6.42. The number of nitrogens with two attached hydrogens (primary N) is 1. The smallest absolute Gasteiger partial charge is 0.0366 e. The summed E-state index contributed by atoms with van der Waals surface area (Å²) in [5, 5.41) is 0. The molecule has 1 saturated carbocycles. The number of anilines is 1. The Labute approximate surface area is 118 Å². The van der Waals surface area contributed by atoms with Gasteiger partial charge in [0.25, 0.3) is 0 Å². The van der Waals surface area contributed by atoms with Gasteiger partial charge in [-0.05, 0) is 42.9 Å². The molecule has 1 aliphatic rings. The number of hydrogen-bond donors (Lipinski definition) is 1. The lowest BCUT2D eigenvalue weighted by atomic mass is 9.86. The van der Waals surface area contributed by atoms with Crippen molar-refractivity contribution in [3.8, 4) is 0 Å². The molecule has 0 saturated heterocycles. The SMILES string of the molecule is CC[C@@H](N)c1ccc(N(C)C2CCCC(C)C2)cc1. The van der Waals surface area contributed by atoms with E-state index in [1.165, 1.54) is 36.9 Å². The molecule has 0 bridgehead atoms. The average Bonchev–Trinajstić information content (AvgIpc) is 2.46. The van der Waals surface area contributed by atoms with Crippen LogP contribution in [0.15, 0.2) is 24.3 Å². The Hall–Kier alpha value is -1.02. The van der Waals surface area contributed by atoms with Crippen molar-refractivity contribution in [1.82, 2.24) is 0 Å². The molecule has 0 amide bonds. The highest BCUT2D eigenvalue weighted by molar-refractivity contribution is 5.48. The Kier molecular flexibility index (Phi) is 4.87. The summed E-state index contributed by atoms with van der Waals surface area (Å²) in [5.74, 6) is 0.869. The van der Waals surface area contributed by atoms with Crippen molar-refractivity contribution in [1.29, 1.82) is 0 Å². The minimum absolute atomic E-state index is 0.175. The van der Waals surface area contributed by atoms with Crippen LogP contribution in [0.2, 0.25) is 0 Å². The van der Waals surface area contributed by atoms with Gasteiger partial charge in [0.15, 0.2) is 0 Å². The zero-order valence-corrected chi connectivity index (χ0v) is 12.6. The van der Waals surface area contributed by atoms with Crippen molar-refractivity contribution in [2.45, 2.75) is 58.0 Å². The molecule has 106 valence electrons. The Morgan fingerprint density at radius 2 is 1.95 bits per heavy atom. The zero-order valence-electron chi connectivity index (χ0n) is 12.6. The number of hydrogen-bond acceptors (Lipinski definition) is 2. The highest BCUT2D eigenvalue weighted by atomic mass is 15.1. The molecule has 1 aromatic carbocycles. The van der Waals surface area contributed by atoms with E-state index >= 15 is 0 Å². The molecular weight excluding hydrogens is 232 g/mol. The van der Waals surface area contributed by atoms with E-state index in [1.807, 2.05) is 0 Å². The Balaban J connectivity index is 2.04. The van der Waals surface area contributed by atoms with Gasteiger partial charge >= 0.3 is 0 Å². The molecule has 19 heavy (non-hydrogen) atoms. The normalized spacial score (nSPS) is 25.1. The van der Waals surface area contributed by atoms with Gasteiger partial charge in [-0.25, -0.2) is 0 Å². The zero-order chi connectivity index (χ0) is 13.8. The van der Waals surface area contributed by atoms with Crippen LogP contribution in [-0.2, 0) is 0 Å². The molecule has 1 aliphatic carbocycles. The summed E-state index contributed by atoms with van der Waals surface area (Å²) in [6, 6.07) is 9.70. The van der Waals surface area contributed by atoms with E-state index in [-0.39, 0.29) is 6.04 Å². The summed E-state index contributed by atoms with van der Waals surface area (Å²) in [7, 11) is 2.23. The fraction of sp³-hybridized carbons (Fsp3) is 0.647. The largest absolute Gasteiger partial charge is 0.372 e. The van der Waals surface area contributed by atoms with E-state index in [9.17, 15) is 0 Å². The molecule has 0 radical (unpaired) electrons. The second kappa shape index (κ2) is 6.42. The maximum absolute atomic E-state index is 6.07. The first kappa shape index (κ1) is 14.4. The lowest BCUT2D eigenvalue weighted by Gasteiger charge is -2.35. The maximum atomic E-state index is 6.07. The first-order chi connectivity index (χ1) is 9.11. The van der Waals surface area contributed by atoms with E-state index in [0.29, 0.717) is 6.04 Å².